The molecule has 0 aromatic heterocycles. The second-order valence-corrected chi connectivity index (χ2v) is 15.1. The highest BCUT2D eigenvalue weighted by Crippen LogP contribution is 2.48. The molecular weight excluding hydrogens is 604 g/mol. The lowest BCUT2D eigenvalue weighted by Gasteiger charge is -2.54. The molecule has 3 unspecified atom stereocenters. The van der Waals surface area contributed by atoms with Crippen molar-refractivity contribution in [1.29, 1.82) is 0 Å². The number of anilines is 1. The summed E-state index contributed by atoms with van der Waals surface area (Å²) in [5, 5.41) is 11.0. The second-order valence-electron chi connectivity index (χ2n) is 13.5. The number of aliphatic hydroxyl groups excluding tert-OH is 1. The lowest BCUT2D eigenvalue weighted by Crippen LogP contribution is -2.66. The number of β-lactam (4-membered cyclic amide) rings is 1. The molecule has 6 atom stereocenters. The van der Waals surface area contributed by atoms with Crippen LogP contribution in [0.2, 0.25) is 0 Å². The van der Waals surface area contributed by atoms with Crippen molar-refractivity contribution in [1.82, 2.24) is 0 Å². The number of amides is 1. The van der Waals surface area contributed by atoms with Gasteiger partial charge in [-0.2, -0.15) is 0 Å². The highest BCUT2D eigenvalue weighted by Gasteiger charge is 2.54. The number of benzene rings is 3. The van der Waals surface area contributed by atoms with Crippen LogP contribution in [0, 0.1) is 23.6 Å². The maximum atomic E-state index is 13.8. The van der Waals surface area contributed by atoms with Gasteiger partial charge in [0.15, 0.2) is 0 Å². The highest BCUT2D eigenvalue weighted by molar-refractivity contribution is 7.60. The predicted octanol–water partition coefficient (Wildman–Crippen LogP) is 7.02. The molecule has 3 aromatic carbocycles. The van der Waals surface area contributed by atoms with E-state index in [9.17, 15) is 28.6 Å². The van der Waals surface area contributed by atoms with E-state index in [-0.39, 0.29) is 46.9 Å². The minimum Gasteiger partial charge on any atom is -0.388 e. The Kier molecular flexibility index (Phi) is 10.4. The zero-order valence-corrected chi connectivity index (χ0v) is 27.1. The first-order valence-corrected chi connectivity index (χ1v) is 18.4. The van der Waals surface area contributed by atoms with E-state index in [1.165, 1.54) is 56.4 Å². The zero-order chi connectivity index (χ0) is 32.3. The Hall–Kier alpha value is -2.87. The maximum absolute atomic E-state index is 13.8. The van der Waals surface area contributed by atoms with Crippen molar-refractivity contribution < 1.29 is 33.4 Å². The van der Waals surface area contributed by atoms with Crippen LogP contribution in [0.15, 0.2) is 78.9 Å². The van der Waals surface area contributed by atoms with Gasteiger partial charge in [-0.25, -0.2) is 4.39 Å². The second kappa shape index (κ2) is 14.5. The number of hydrogen-bond acceptors (Lipinski definition) is 4. The molecule has 7 nitrogen and oxygen atoms in total. The molecule has 0 bridgehead atoms. The molecule has 1 amide bonds. The van der Waals surface area contributed by atoms with Gasteiger partial charge < -0.3 is 24.5 Å². The molecule has 1 aliphatic heterocycles. The normalized spacial score (nSPS) is 26.5. The number of rotatable bonds is 11. The molecule has 246 valence electrons. The molecule has 9 heteroatoms. The molecule has 1 saturated heterocycles. The molecule has 1 heterocycles. The fourth-order valence-corrected chi connectivity index (χ4v) is 8.56. The molecular formula is C37H45FNO6P. The van der Waals surface area contributed by atoms with Crippen molar-refractivity contribution in [3.8, 4) is 0 Å². The van der Waals surface area contributed by atoms with Crippen molar-refractivity contribution in [3.05, 3.63) is 95.8 Å². The van der Waals surface area contributed by atoms with Gasteiger partial charge in [0, 0.05) is 18.2 Å². The molecule has 3 fully saturated rings. The van der Waals surface area contributed by atoms with Crippen LogP contribution in [0.1, 0.15) is 87.4 Å². The average molecular weight is 650 g/mol. The molecule has 0 spiro atoms. The lowest BCUT2D eigenvalue weighted by atomic mass is 9.66. The fraction of sp³-hybridized carbons (Fsp3) is 0.486. The van der Waals surface area contributed by atoms with Gasteiger partial charge in [0.05, 0.1) is 29.5 Å². The summed E-state index contributed by atoms with van der Waals surface area (Å²) in [6.45, 7) is 0.699. The topological polar surface area (TPSA) is 107 Å². The van der Waals surface area contributed by atoms with Gasteiger partial charge in [0.1, 0.15) is 5.82 Å². The van der Waals surface area contributed by atoms with Gasteiger partial charge in [-0.3, -0.25) is 9.36 Å². The molecule has 3 N–H and O–H groups in total. The number of hydrogen-bond donors (Lipinski definition) is 3. The van der Waals surface area contributed by atoms with Crippen LogP contribution >= 0.6 is 7.60 Å². The van der Waals surface area contributed by atoms with Gasteiger partial charge in [0.25, 0.3) is 0 Å². The summed E-state index contributed by atoms with van der Waals surface area (Å²) in [6.07, 6.45) is 8.62. The van der Waals surface area contributed by atoms with Crippen LogP contribution in [0.3, 0.4) is 0 Å². The van der Waals surface area contributed by atoms with Crippen LogP contribution < -0.4 is 10.2 Å². The van der Waals surface area contributed by atoms with Gasteiger partial charge in [-0.1, -0.05) is 61.7 Å². The summed E-state index contributed by atoms with van der Waals surface area (Å²) < 4.78 is 32.1. The summed E-state index contributed by atoms with van der Waals surface area (Å²) in [6, 6.07) is 22.3. The highest BCUT2D eigenvalue weighted by atomic mass is 31.2. The number of carbonyl (C=O) groups is 1. The monoisotopic (exact) mass is 649 g/mol. The Balaban J connectivity index is 1.24. The van der Waals surface area contributed by atoms with E-state index in [1.807, 2.05) is 47.4 Å². The zero-order valence-electron chi connectivity index (χ0n) is 26.2. The van der Waals surface area contributed by atoms with Crippen molar-refractivity contribution in [2.75, 3.05) is 11.5 Å². The number of aliphatic hydroxyl groups is 1. The fourth-order valence-electron chi connectivity index (χ4n) is 8.02. The van der Waals surface area contributed by atoms with E-state index in [4.69, 9.17) is 4.74 Å². The van der Waals surface area contributed by atoms with Crippen LogP contribution in [0.5, 0.6) is 0 Å². The Bertz CT molecular complexity index is 1490. The number of ether oxygens (including phenoxy) is 1. The third kappa shape index (κ3) is 7.48. The molecule has 46 heavy (non-hydrogen) atoms. The SMILES string of the molecule is O=C1[C@H](CC[C@H](O)c2ccc(F)cc2)[C@@H](C2CCC(c3ccc(P(=O)(O)O)cc3)CC2OCC2CCCCC2)N1c1ccccc1. The van der Waals surface area contributed by atoms with E-state index in [1.54, 1.807) is 12.1 Å². The third-order valence-corrected chi connectivity index (χ3v) is 11.5. The van der Waals surface area contributed by atoms with Gasteiger partial charge in [-0.15, -0.1) is 0 Å². The third-order valence-electron chi connectivity index (χ3n) is 10.6. The van der Waals surface area contributed by atoms with Crippen molar-refractivity contribution in [2.45, 2.75) is 88.4 Å². The lowest BCUT2D eigenvalue weighted by molar-refractivity contribution is -0.136. The van der Waals surface area contributed by atoms with Crippen molar-refractivity contribution in [2.24, 2.45) is 17.8 Å². The van der Waals surface area contributed by atoms with E-state index >= 15 is 0 Å². The Morgan fingerprint density at radius 2 is 1.59 bits per heavy atom. The quantitative estimate of drug-likeness (QED) is 0.152. The summed E-state index contributed by atoms with van der Waals surface area (Å²) in [4.78, 5) is 35.0. The molecule has 3 aliphatic rings. The van der Waals surface area contributed by atoms with E-state index in [0.29, 0.717) is 30.9 Å². The van der Waals surface area contributed by atoms with E-state index in [2.05, 4.69) is 0 Å². The summed E-state index contributed by atoms with van der Waals surface area (Å²) in [5.41, 5.74) is 2.56. The molecule has 3 aromatic rings. The first-order valence-electron chi connectivity index (χ1n) is 16.8. The van der Waals surface area contributed by atoms with E-state index in [0.717, 1.165) is 30.5 Å². The molecule has 0 radical (unpaired) electrons. The standard InChI is InChI=1S/C37H45FNO6P/c38-29-16-11-27(12-17-29)34(40)22-21-33-36(39(37(33)41)30-9-5-2-6-10-30)32-20-15-28(26-13-18-31(19-14-26)46(42,43)44)23-35(32)45-24-25-7-3-1-4-8-25/h2,5-6,9-14,16-19,25,28,32-36,40H,1,3-4,7-8,15,20-24H2,(H2,42,43,44)/t28?,32?,33-,34+,35?,36-/m1/s1. The Morgan fingerprint density at radius 1 is 0.891 bits per heavy atom. The predicted molar refractivity (Wildman–Crippen MR) is 176 cm³/mol. The van der Waals surface area contributed by atoms with Crippen molar-refractivity contribution >= 4 is 24.5 Å². The number of halogens is 1. The number of para-hydroxylation sites is 1. The number of carbonyl (C=O) groups excluding carboxylic acids is 1. The molecule has 6 rings (SSSR count). The molecule has 2 aliphatic carbocycles. The summed E-state index contributed by atoms with van der Waals surface area (Å²) in [7, 11) is -4.32. The van der Waals surface area contributed by atoms with Crippen LogP contribution in [-0.4, -0.2) is 39.6 Å². The smallest absolute Gasteiger partial charge is 0.356 e. The van der Waals surface area contributed by atoms with Crippen molar-refractivity contribution in [3.63, 3.8) is 0 Å². The minimum atomic E-state index is -4.32. The number of nitrogens with zero attached hydrogens (tertiary/aromatic N) is 1. The minimum absolute atomic E-state index is 0.0205. The Labute approximate surface area is 271 Å². The first-order chi connectivity index (χ1) is 22.2. The van der Waals surface area contributed by atoms with Crippen LogP contribution in [0.25, 0.3) is 0 Å². The largest absolute Gasteiger partial charge is 0.388 e. The first kappa shape index (κ1) is 33.0. The maximum Gasteiger partial charge on any atom is 0.356 e. The van der Waals surface area contributed by atoms with Gasteiger partial charge in [-0.05, 0) is 104 Å². The summed E-state index contributed by atoms with van der Waals surface area (Å²) >= 11 is 0. The summed E-state index contributed by atoms with van der Waals surface area (Å²) in [5.74, 6) is 0.255. The Morgan fingerprint density at radius 3 is 2.26 bits per heavy atom. The molecule has 2 saturated carbocycles. The van der Waals surface area contributed by atoms with E-state index < -0.39 is 13.7 Å². The average Bonchev–Trinajstić information content (AvgIpc) is 3.07. The van der Waals surface area contributed by atoms with Gasteiger partial charge >= 0.3 is 7.60 Å². The van der Waals surface area contributed by atoms with Crippen LogP contribution in [-0.2, 0) is 14.1 Å². The van der Waals surface area contributed by atoms with Crippen LogP contribution in [0.4, 0.5) is 10.1 Å². The van der Waals surface area contributed by atoms with Gasteiger partial charge in [0.2, 0.25) is 5.91 Å².